The topological polar surface area (TPSA) is 68.5 Å². The van der Waals surface area contributed by atoms with Gasteiger partial charge in [-0.2, -0.15) is 0 Å². The summed E-state index contributed by atoms with van der Waals surface area (Å²) in [6.07, 6.45) is 2.45. The van der Waals surface area contributed by atoms with Crippen LogP contribution in [0.3, 0.4) is 0 Å². The predicted octanol–water partition coefficient (Wildman–Crippen LogP) is 3.60. The zero-order valence-corrected chi connectivity index (χ0v) is 14.4. The molecule has 0 spiro atoms. The molecule has 7 heteroatoms. The second-order valence-corrected chi connectivity index (χ2v) is 6.47. The molecule has 0 radical (unpaired) electrons. The summed E-state index contributed by atoms with van der Waals surface area (Å²) in [7, 11) is 0. The van der Waals surface area contributed by atoms with Crippen LogP contribution in [0.4, 0.5) is 0 Å². The molecule has 0 saturated carbocycles. The minimum absolute atomic E-state index is 0.0363. The van der Waals surface area contributed by atoms with Gasteiger partial charge in [-0.05, 0) is 37.1 Å². The number of pyridine rings is 1. The first kappa shape index (κ1) is 17.0. The van der Waals surface area contributed by atoms with Gasteiger partial charge in [0.05, 0.1) is 10.6 Å². The Balaban J connectivity index is 1.69. The smallest absolute Gasteiger partial charge is 0.255 e. The van der Waals surface area contributed by atoms with Crippen molar-refractivity contribution >= 4 is 29.1 Å². The van der Waals surface area contributed by atoms with Crippen molar-refractivity contribution in [2.45, 2.75) is 6.42 Å². The number of aromatic nitrogens is 1. The van der Waals surface area contributed by atoms with Crippen molar-refractivity contribution < 1.29 is 9.53 Å². The quantitative estimate of drug-likeness (QED) is 0.898. The van der Waals surface area contributed by atoms with E-state index < -0.39 is 0 Å². The largest absolute Gasteiger partial charge is 0.437 e. The van der Waals surface area contributed by atoms with E-state index in [0.29, 0.717) is 46.2 Å². The van der Waals surface area contributed by atoms with Crippen molar-refractivity contribution in [1.29, 1.82) is 0 Å². The summed E-state index contributed by atoms with van der Waals surface area (Å²) in [5.74, 6) is 1.11. The fraction of sp³-hybridized carbons (Fsp3) is 0.294. The lowest BCUT2D eigenvalue weighted by molar-refractivity contribution is 0.0787. The van der Waals surface area contributed by atoms with Gasteiger partial charge in [0, 0.05) is 25.4 Å². The fourth-order valence-electron chi connectivity index (χ4n) is 2.63. The molecule has 2 aromatic rings. The molecule has 0 aliphatic carbocycles. The highest BCUT2D eigenvalue weighted by Crippen LogP contribution is 2.34. The van der Waals surface area contributed by atoms with Crippen molar-refractivity contribution in [2.75, 3.05) is 19.6 Å². The number of carbonyl (C=O) groups excluding carboxylic acids is 1. The summed E-state index contributed by atoms with van der Waals surface area (Å²) in [6.45, 7) is 2.04. The van der Waals surface area contributed by atoms with Crippen LogP contribution in [0.2, 0.25) is 10.0 Å². The zero-order valence-electron chi connectivity index (χ0n) is 12.9. The second kappa shape index (κ2) is 7.38. The molecule has 1 atom stereocenters. The van der Waals surface area contributed by atoms with Gasteiger partial charge < -0.3 is 15.4 Å². The zero-order chi connectivity index (χ0) is 17.1. The van der Waals surface area contributed by atoms with Crippen LogP contribution in [0.1, 0.15) is 16.8 Å². The number of carbonyl (C=O) groups is 1. The number of amides is 1. The van der Waals surface area contributed by atoms with Gasteiger partial charge in [-0.3, -0.25) is 4.79 Å². The number of ether oxygens (including phenoxy) is 1. The van der Waals surface area contributed by atoms with E-state index in [0.717, 1.165) is 13.0 Å². The van der Waals surface area contributed by atoms with Gasteiger partial charge in [0.2, 0.25) is 5.88 Å². The van der Waals surface area contributed by atoms with Crippen LogP contribution < -0.4 is 10.5 Å². The van der Waals surface area contributed by atoms with Gasteiger partial charge in [-0.15, -0.1) is 0 Å². The first-order chi connectivity index (χ1) is 11.6. The third-order valence-electron chi connectivity index (χ3n) is 4.02. The minimum Gasteiger partial charge on any atom is -0.437 e. The van der Waals surface area contributed by atoms with Gasteiger partial charge in [0.1, 0.15) is 10.8 Å². The van der Waals surface area contributed by atoms with E-state index in [9.17, 15) is 4.79 Å². The highest BCUT2D eigenvalue weighted by atomic mass is 35.5. The van der Waals surface area contributed by atoms with Crippen LogP contribution in [0.25, 0.3) is 0 Å². The number of nitrogens with zero attached hydrogens (tertiary/aromatic N) is 2. The number of benzene rings is 1. The Morgan fingerprint density at radius 3 is 2.83 bits per heavy atom. The maximum absolute atomic E-state index is 12.4. The molecule has 1 saturated heterocycles. The lowest BCUT2D eigenvalue weighted by Gasteiger charge is -2.16. The molecule has 2 heterocycles. The molecule has 24 heavy (non-hydrogen) atoms. The molecule has 1 amide bonds. The van der Waals surface area contributed by atoms with E-state index in [1.54, 1.807) is 30.3 Å². The molecule has 2 N–H and O–H groups in total. The van der Waals surface area contributed by atoms with E-state index in [1.807, 2.05) is 4.90 Å². The third kappa shape index (κ3) is 3.64. The molecule has 1 aromatic carbocycles. The molecule has 1 aliphatic heterocycles. The van der Waals surface area contributed by atoms with Crippen molar-refractivity contribution in [2.24, 2.45) is 11.7 Å². The Hall–Kier alpha value is -1.82. The van der Waals surface area contributed by atoms with Crippen LogP contribution in [0.5, 0.6) is 11.6 Å². The molecule has 1 unspecified atom stereocenters. The molecular weight excluding hydrogens is 349 g/mol. The number of rotatable bonds is 4. The summed E-state index contributed by atoms with van der Waals surface area (Å²) in [6, 6.07) is 8.45. The van der Waals surface area contributed by atoms with E-state index >= 15 is 0 Å². The van der Waals surface area contributed by atoms with E-state index in [2.05, 4.69) is 4.98 Å². The number of hydrogen-bond donors (Lipinski definition) is 1. The molecule has 3 rings (SSSR count). The summed E-state index contributed by atoms with van der Waals surface area (Å²) in [5.41, 5.74) is 6.19. The van der Waals surface area contributed by atoms with Gasteiger partial charge in [-0.1, -0.05) is 29.3 Å². The van der Waals surface area contributed by atoms with E-state index in [1.165, 1.54) is 6.20 Å². The normalized spacial score (nSPS) is 17.1. The Bertz CT molecular complexity index is 737. The molecule has 1 fully saturated rings. The van der Waals surface area contributed by atoms with Gasteiger partial charge in [-0.25, -0.2) is 4.98 Å². The monoisotopic (exact) mass is 365 g/mol. The molecule has 5 nitrogen and oxygen atoms in total. The van der Waals surface area contributed by atoms with Crippen LogP contribution in [-0.4, -0.2) is 35.4 Å². The molecule has 126 valence electrons. The van der Waals surface area contributed by atoms with Gasteiger partial charge in [0.25, 0.3) is 5.91 Å². The second-order valence-electron chi connectivity index (χ2n) is 5.68. The summed E-state index contributed by atoms with van der Waals surface area (Å²) in [4.78, 5) is 18.4. The lowest BCUT2D eigenvalue weighted by atomic mass is 10.1. The summed E-state index contributed by atoms with van der Waals surface area (Å²) in [5, 5.41) is 0.732. The fourth-order valence-corrected chi connectivity index (χ4v) is 2.97. The van der Waals surface area contributed by atoms with Crippen molar-refractivity contribution in [3.63, 3.8) is 0 Å². The molecular formula is C17H17Cl2N3O2. The first-order valence-corrected chi connectivity index (χ1v) is 8.41. The maximum atomic E-state index is 12.4. The first-order valence-electron chi connectivity index (χ1n) is 7.65. The Labute approximate surface area is 150 Å². The highest BCUT2D eigenvalue weighted by molar-refractivity contribution is 6.42. The number of halogens is 2. The van der Waals surface area contributed by atoms with Crippen molar-refractivity contribution in [3.05, 3.63) is 52.1 Å². The summed E-state index contributed by atoms with van der Waals surface area (Å²) >= 11 is 12.0. The number of likely N-dealkylation sites (tertiary alicyclic amines) is 1. The summed E-state index contributed by atoms with van der Waals surface area (Å²) < 4.78 is 5.62. The SMILES string of the molecule is NCC1CCN(C(=O)c2ccc(Oc3cccc(Cl)c3Cl)nc2)C1. The van der Waals surface area contributed by atoms with Crippen LogP contribution in [-0.2, 0) is 0 Å². The number of nitrogens with two attached hydrogens (primary N) is 1. The number of hydrogen-bond acceptors (Lipinski definition) is 4. The Morgan fingerprint density at radius 1 is 1.33 bits per heavy atom. The predicted molar refractivity (Wildman–Crippen MR) is 93.8 cm³/mol. The van der Waals surface area contributed by atoms with Gasteiger partial charge >= 0.3 is 0 Å². The Kier molecular flexibility index (Phi) is 5.23. The average Bonchev–Trinajstić information content (AvgIpc) is 3.08. The lowest BCUT2D eigenvalue weighted by Crippen LogP contribution is -2.29. The average molecular weight is 366 g/mol. The standard InChI is InChI=1S/C17H17Cl2N3O2/c18-13-2-1-3-14(16(13)19)24-15-5-4-12(9-21-15)17(23)22-7-6-11(8-20)10-22/h1-5,9,11H,6-8,10,20H2. The maximum Gasteiger partial charge on any atom is 0.255 e. The molecule has 1 aliphatic rings. The van der Waals surface area contributed by atoms with Crippen molar-refractivity contribution in [1.82, 2.24) is 9.88 Å². The van der Waals surface area contributed by atoms with Gasteiger partial charge in [0.15, 0.2) is 0 Å². The van der Waals surface area contributed by atoms with Crippen molar-refractivity contribution in [3.8, 4) is 11.6 Å². The molecule has 1 aromatic heterocycles. The molecule has 0 bridgehead atoms. The highest BCUT2D eigenvalue weighted by Gasteiger charge is 2.26. The van der Waals surface area contributed by atoms with Crippen LogP contribution >= 0.6 is 23.2 Å². The van der Waals surface area contributed by atoms with Crippen LogP contribution in [0.15, 0.2) is 36.5 Å². The minimum atomic E-state index is -0.0363. The Morgan fingerprint density at radius 2 is 2.17 bits per heavy atom. The van der Waals surface area contributed by atoms with Crippen LogP contribution in [0, 0.1) is 5.92 Å². The third-order valence-corrected chi connectivity index (χ3v) is 4.82. The van der Waals surface area contributed by atoms with E-state index in [-0.39, 0.29) is 5.91 Å². The van der Waals surface area contributed by atoms with E-state index in [4.69, 9.17) is 33.7 Å².